The van der Waals surface area contributed by atoms with E-state index in [1.807, 2.05) is 88.4 Å². The van der Waals surface area contributed by atoms with Crippen LogP contribution in [0.4, 0.5) is 0 Å². The van der Waals surface area contributed by atoms with Gasteiger partial charge in [0.1, 0.15) is 29.6 Å². The molecule has 1 unspecified atom stereocenters. The van der Waals surface area contributed by atoms with Gasteiger partial charge in [0.15, 0.2) is 12.6 Å². The van der Waals surface area contributed by atoms with Gasteiger partial charge >= 0.3 is 5.97 Å². The summed E-state index contributed by atoms with van der Waals surface area (Å²) in [6.45, 7) is 7.43. The molecule has 0 radical (unpaired) electrons. The molecule has 1 N–H and O–H groups in total. The fourth-order valence-corrected chi connectivity index (χ4v) is 4.57. The first-order valence-corrected chi connectivity index (χ1v) is 12.6. The molecule has 2 heterocycles. The van der Waals surface area contributed by atoms with E-state index in [9.17, 15) is 9.90 Å². The smallest absolute Gasteiger partial charge is 0.342 e. The van der Waals surface area contributed by atoms with Crippen LogP contribution < -0.4 is 4.74 Å². The summed E-state index contributed by atoms with van der Waals surface area (Å²) in [5.41, 5.74) is 2.86. The van der Waals surface area contributed by atoms with E-state index in [-0.39, 0.29) is 18.8 Å². The van der Waals surface area contributed by atoms with Gasteiger partial charge in [-0.15, -0.1) is 0 Å². The number of cyclic esters (lactones) is 1. The Labute approximate surface area is 218 Å². The van der Waals surface area contributed by atoms with Gasteiger partial charge in [-0.2, -0.15) is 0 Å². The van der Waals surface area contributed by atoms with E-state index in [1.165, 1.54) is 7.11 Å². The number of ether oxygens (including phenoxy) is 5. The SMILES string of the molecule is COCOc1cc(-c2ccccc2)cc2c1C(=O)O[C@@H](C)[C@H](C)/C=C\C(O)[C@H]1OC(C)(C)O[C@H]1CC=C2. The zero-order valence-electron chi connectivity index (χ0n) is 22.0. The summed E-state index contributed by atoms with van der Waals surface area (Å²) < 4.78 is 29.0. The van der Waals surface area contributed by atoms with Crippen molar-refractivity contribution in [3.05, 3.63) is 71.8 Å². The number of fused-ring (bicyclic) bond motifs is 2. The van der Waals surface area contributed by atoms with Gasteiger partial charge in [-0.1, -0.05) is 61.6 Å². The third-order valence-corrected chi connectivity index (χ3v) is 6.65. The van der Waals surface area contributed by atoms with Crippen LogP contribution in [0, 0.1) is 5.92 Å². The van der Waals surface area contributed by atoms with E-state index < -0.39 is 30.1 Å². The van der Waals surface area contributed by atoms with Crippen molar-refractivity contribution in [2.24, 2.45) is 5.92 Å². The predicted octanol–water partition coefficient (Wildman–Crippen LogP) is 5.37. The molecule has 0 saturated carbocycles. The van der Waals surface area contributed by atoms with Gasteiger partial charge in [0.25, 0.3) is 0 Å². The van der Waals surface area contributed by atoms with Crippen molar-refractivity contribution >= 4 is 12.0 Å². The van der Waals surface area contributed by atoms with Gasteiger partial charge in [-0.05, 0) is 56.0 Å². The number of methoxy groups -OCH3 is 1. The highest BCUT2D eigenvalue weighted by atomic mass is 16.8. The van der Waals surface area contributed by atoms with Gasteiger partial charge in [0.05, 0.1) is 6.10 Å². The fraction of sp³-hybridized carbons (Fsp3) is 0.433. The number of carbonyl (C=O) groups excluding carboxylic acids is 1. The third kappa shape index (κ3) is 6.48. The molecular formula is C30H36O7. The molecule has 5 atom stereocenters. The lowest BCUT2D eigenvalue weighted by Crippen LogP contribution is -2.34. The minimum absolute atomic E-state index is 0.0156. The number of rotatable bonds is 4. The average Bonchev–Trinajstić information content (AvgIpc) is 3.19. The van der Waals surface area contributed by atoms with Crippen molar-refractivity contribution < 1.29 is 33.6 Å². The first-order chi connectivity index (χ1) is 17.7. The van der Waals surface area contributed by atoms with Crippen molar-refractivity contribution in [1.82, 2.24) is 0 Å². The van der Waals surface area contributed by atoms with Crippen molar-refractivity contribution in [3.63, 3.8) is 0 Å². The Morgan fingerprint density at radius 2 is 1.81 bits per heavy atom. The molecule has 0 aliphatic carbocycles. The van der Waals surface area contributed by atoms with Crippen molar-refractivity contribution in [2.45, 2.75) is 64.3 Å². The Kier molecular flexibility index (Phi) is 8.49. The van der Waals surface area contributed by atoms with E-state index in [0.717, 1.165) is 11.1 Å². The van der Waals surface area contributed by atoms with Crippen LogP contribution in [0.1, 0.15) is 50.0 Å². The number of aliphatic hydroxyl groups is 1. The van der Waals surface area contributed by atoms with Gasteiger partial charge in [0, 0.05) is 13.0 Å². The number of hydrogen-bond donors (Lipinski definition) is 1. The summed E-state index contributed by atoms with van der Waals surface area (Å²) in [6.07, 6.45) is 5.61. The maximum Gasteiger partial charge on any atom is 0.342 e. The van der Waals surface area contributed by atoms with Crippen molar-refractivity contribution in [3.8, 4) is 16.9 Å². The van der Waals surface area contributed by atoms with E-state index >= 15 is 0 Å². The molecule has 7 nitrogen and oxygen atoms in total. The molecule has 2 aliphatic heterocycles. The van der Waals surface area contributed by atoms with Crippen molar-refractivity contribution in [1.29, 1.82) is 0 Å². The average molecular weight is 509 g/mol. The summed E-state index contributed by atoms with van der Waals surface area (Å²) in [7, 11) is 1.53. The number of hydrogen-bond acceptors (Lipinski definition) is 7. The standard InChI is InChI=1S/C30H36O7/c1-19-14-15-24(31)28-25(36-30(3,4)37-28)13-9-12-22-16-23(21-10-7-6-8-11-21)17-26(34-18-33-5)27(22)29(32)35-20(19)2/h6-12,14-17,19-20,24-25,28,31H,13,18H2,1-5H3/b12-9?,15-14-/t19-,20+,24?,25+,28-/m1/s1. The maximum absolute atomic E-state index is 13.5. The molecule has 0 spiro atoms. The summed E-state index contributed by atoms with van der Waals surface area (Å²) in [5, 5.41) is 10.9. The fourth-order valence-electron chi connectivity index (χ4n) is 4.57. The molecule has 2 aromatic rings. The minimum Gasteiger partial charge on any atom is -0.467 e. The van der Waals surface area contributed by atoms with Crippen LogP contribution in [0.25, 0.3) is 17.2 Å². The second kappa shape index (κ2) is 11.6. The Morgan fingerprint density at radius 3 is 2.54 bits per heavy atom. The first-order valence-electron chi connectivity index (χ1n) is 12.6. The molecule has 7 heteroatoms. The lowest BCUT2D eigenvalue weighted by atomic mass is 9.96. The highest BCUT2D eigenvalue weighted by molar-refractivity contribution is 5.98. The Balaban J connectivity index is 1.81. The second-order valence-corrected chi connectivity index (χ2v) is 9.98. The molecule has 0 bridgehead atoms. The van der Waals surface area contributed by atoms with E-state index in [4.69, 9.17) is 23.7 Å². The molecule has 1 saturated heterocycles. The topological polar surface area (TPSA) is 83.5 Å². The number of carbonyl (C=O) groups is 1. The molecule has 37 heavy (non-hydrogen) atoms. The Bertz CT molecular complexity index is 1140. The zero-order valence-corrected chi connectivity index (χ0v) is 22.0. The van der Waals surface area contributed by atoms with Gasteiger partial charge in [-0.3, -0.25) is 0 Å². The summed E-state index contributed by atoms with van der Waals surface area (Å²) in [5.74, 6) is -1.08. The molecule has 0 amide bonds. The van der Waals surface area contributed by atoms with Crippen LogP contribution in [-0.4, -0.2) is 55.2 Å². The molecule has 0 aromatic heterocycles. The molecule has 1 fully saturated rings. The summed E-state index contributed by atoms with van der Waals surface area (Å²) in [4.78, 5) is 13.5. The lowest BCUT2D eigenvalue weighted by Gasteiger charge is -2.23. The van der Waals surface area contributed by atoms with Crippen LogP contribution in [0.15, 0.2) is 60.7 Å². The number of benzene rings is 2. The predicted molar refractivity (Wildman–Crippen MR) is 141 cm³/mol. The molecule has 2 aromatic carbocycles. The highest BCUT2D eigenvalue weighted by Gasteiger charge is 2.43. The molecule has 4 rings (SSSR count). The quantitative estimate of drug-likeness (QED) is 0.338. The van der Waals surface area contributed by atoms with E-state index in [0.29, 0.717) is 23.3 Å². The lowest BCUT2D eigenvalue weighted by molar-refractivity contribution is -0.152. The minimum atomic E-state index is -0.862. The van der Waals surface area contributed by atoms with Gasteiger partial charge < -0.3 is 28.8 Å². The number of aliphatic hydroxyl groups excluding tert-OH is 1. The van der Waals surface area contributed by atoms with Crippen molar-refractivity contribution in [2.75, 3.05) is 13.9 Å². The van der Waals surface area contributed by atoms with Gasteiger partial charge in [-0.25, -0.2) is 4.79 Å². The van der Waals surface area contributed by atoms with Crippen LogP contribution in [0.5, 0.6) is 5.75 Å². The van der Waals surface area contributed by atoms with E-state index in [1.54, 1.807) is 6.08 Å². The monoisotopic (exact) mass is 508 g/mol. The van der Waals surface area contributed by atoms with Crippen LogP contribution in [0.2, 0.25) is 0 Å². The molecule has 198 valence electrons. The van der Waals surface area contributed by atoms with Crippen LogP contribution in [-0.2, 0) is 18.9 Å². The maximum atomic E-state index is 13.5. The molecule has 2 aliphatic rings. The second-order valence-electron chi connectivity index (χ2n) is 9.98. The Hall–Kier alpha value is -2.97. The largest absolute Gasteiger partial charge is 0.467 e. The Morgan fingerprint density at radius 1 is 1.05 bits per heavy atom. The van der Waals surface area contributed by atoms with Crippen LogP contribution in [0.3, 0.4) is 0 Å². The number of esters is 1. The first kappa shape index (κ1) is 27.1. The molecular weight excluding hydrogens is 472 g/mol. The van der Waals surface area contributed by atoms with Gasteiger partial charge in [0.2, 0.25) is 0 Å². The normalized spacial score (nSPS) is 28.5. The zero-order chi connectivity index (χ0) is 26.6. The van der Waals surface area contributed by atoms with Crippen LogP contribution >= 0.6 is 0 Å². The third-order valence-electron chi connectivity index (χ3n) is 6.65. The van der Waals surface area contributed by atoms with E-state index in [2.05, 4.69) is 0 Å². The highest BCUT2D eigenvalue weighted by Crippen LogP contribution is 2.35. The summed E-state index contributed by atoms with van der Waals surface area (Å²) in [6, 6.07) is 13.7. The summed E-state index contributed by atoms with van der Waals surface area (Å²) >= 11 is 0.